The molecule has 0 radical (unpaired) electrons. The first kappa shape index (κ1) is 22.3. The van der Waals surface area contributed by atoms with E-state index in [1.165, 1.54) is 0 Å². The van der Waals surface area contributed by atoms with E-state index < -0.39 is 0 Å². The molecule has 4 aromatic rings. The van der Waals surface area contributed by atoms with Crippen LogP contribution in [-0.4, -0.2) is 10.8 Å². The molecule has 0 spiro atoms. The Bertz CT molecular complexity index is 1300. The summed E-state index contributed by atoms with van der Waals surface area (Å²) < 4.78 is 0. The fraction of sp³-hybridized carbons (Fsp3) is 0.143. The van der Waals surface area contributed by atoms with Gasteiger partial charge in [0.05, 0.1) is 16.6 Å². The Labute approximate surface area is 198 Å². The van der Waals surface area contributed by atoms with Crippen molar-refractivity contribution in [3.63, 3.8) is 0 Å². The Morgan fingerprint density at radius 3 is 2.62 bits per heavy atom. The van der Waals surface area contributed by atoms with Gasteiger partial charge in [-0.3, -0.25) is 4.79 Å². The Kier molecular flexibility index (Phi) is 7.04. The minimum atomic E-state index is -0.135. The van der Waals surface area contributed by atoms with Crippen molar-refractivity contribution >= 4 is 52.0 Å². The Hall–Kier alpha value is -2.94. The van der Waals surface area contributed by atoms with E-state index >= 15 is 0 Å². The van der Waals surface area contributed by atoms with Crippen molar-refractivity contribution in [2.45, 2.75) is 25.1 Å². The van der Waals surface area contributed by atoms with Gasteiger partial charge in [0.15, 0.2) is 5.78 Å². The average Bonchev–Trinajstić information content (AvgIpc) is 2.81. The topological polar surface area (TPSA) is 30.0 Å². The quantitative estimate of drug-likeness (QED) is 0.206. The number of aryl methyl sites for hydroxylation is 1. The maximum absolute atomic E-state index is 11.9. The van der Waals surface area contributed by atoms with Crippen molar-refractivity contribution in [2.75, 3.05) is 0 Å². The number of hydrogen-bond donors (Lipinski definition) is 0. The van der Waals surface area contributed by atoms with Crippen molar-refractivity contribution in [1.82, 2.24) is 4.98 Å². The molecule has 3 aromatic carbocycles. The van der Waals surface area contributed by atoms with Crippen molar-refractivity contribution in [3.8, 4) is 0 Å². The van der Waals surface area contributed by atoms with Crippen LogP contribution in [0.25, 0.3) is 23.1 Å². The number of carbonyl (C=O) groups excluding carboxylic acids is 1. The number of rotatable bonds is 7. The molecule has 0 N–H and O–H groups in total. The van der Waals surface area contributed by atoms with E-state index in [0.717, 1.165) is 51.7 Å². The van der Waals surface area contributed by atoms with Crippen LogP contribution in [0.15, 0.2) is 78.9 Å². The maximum Gasteiger partial charge on any atom is 0.160 e. The standard InChI is InChI=1S/C28H23Cl2NO/c1-19(32)26-8-3-2-6-21(26)12-16-27(30)23-7-4-5-20(17-23)9-14-25-15-11-22-10-13-24(29)18-28(22)31-25/h2-11,13-15,17-18,27H,12,16H2,1H3/b14-9+/t27-/m0/s1. The first-order valence-electron chi connectivity index (χ1n) is 10.6. The lowest BCUT2D eigenvalue weighted by Gasteiger charge is -2.12. The highest BCUT2D eigenvalue weighted by Gasteiger charge is 2.12. The zero-order chi connectivity index (χ0) is 22.5. The number of alkyl halides is 1. The highest BCUT2D eigenvalue weighted by molar-refractivity contribution is 6.31. The summed E-state index contributed by atoms with van der Waals surface area (Å²) in [5, 5.41) is 1.60. The first-order chi connectivity index (χ1) is 15.5. The molecule has 0 unspecified atom stereocenters. The molecular weight excluding hydrogens is 437 g/mol. The molecule has 0 aliphatic carbocycles. The van der Waals surface area contributed by atoms with Gasteiger partial charge in [-0.2, -0.15) is 0 Å². The number of pyridine rings is 1. The smallest absolute Gasteiger partial charge is 0.160 e. The number of fused-ring (bicyclic) bond motifs is 1. The molecule has 160 valence electrons. The molecule has 0 aliphatic rings. The lowest BCUT2D eigenvalue weighted by molar-refractivity contribution is 0.101. The van der Waals surface area contributed by atoms with Crippen LogP contribution in [0.5, 0.6) is 0 Å². The summed E-state index contributed by atoms with van der Waals surface area (Å²) >= 11 is 12.8. The number of carbonyl (C=O) groups is 1. The second kappa shape index (κ2) is 10.1. The second-order valence-corrected chi connectivity index (χ2v) is 8.76. The predicted molar refractivity (Wildman–Crippen MR) is 135 cm³/mol. The number of nitrogens with zero attached hydrogens (tertiary/aromatic N) is 1. The summed E-state index contributed by atoms with van der Waals surface area (Å²) in [5.41, 5.74) is 5.69. The molecular formula is C28H23Cl2NO. The normalized spacial score (nSPS) is 12.3. The van der Waals surface area contributed by atoms with E-state index in [1.54, 1.807) is 6.92 Å². The molecule has 0 aliphatic heterocycles. The summed E-state index contributed by atoms with van der Waals surface area (Å²) in [6, 6.07) is 25.7. The number of ketones is 1. The lowest BCUT2D eigenvalue weighted by atomic mass is 9.97. The van der Waals surface area contributed by atoms with Gasteiger partial charge in [-0.1, -0.05) is 78.3 Å². The van der Waals surface area contributed by atoms with Crippen LogP contribution in [-0.2, 0) is 6.42 Å². The van der Waals surface area contributed by atoms with Gasteiger partial charge in [0, 0.05) is 16.0 Å². The summed E-state index contributed by atoms with van der Waals surface area (Å²) in [6.45, 7) is 1.60. The third-order valence-corrected chi connectivity index (χ3v) is 6.16. The van der Waals surface area contributed by atoms with Crippen molar-refractivity contribution in [1.29, 1.82) is 0 Å². The average molecular weight is 460 g/mol. The minimum absolute atomic E-state index is 0.0865. The molecule has 2 nitrogen and oxygen atoms in total. The highest BCUT2D eigenvalue weighted by atomic mass is 35.5. The van der Waals surface area contributed by atoms with E-state index in [9.17, 15) is 4.79 Å². The minimum Gasteiger partial charge on any atom is -0.295 e. The van der Waals surface area contributed by atoms with Crippen molar-refractivity contribution < 1.29 is 4.79 Å². The Balaban J connectivity index is 1.47. The zero-order valence-electron chi connectivity index (χ0n) is 17.8. The Morgan fingerprint density at radius 2 is 1.78 bits per heavy atom. The largest absolute Gasteiger partial charge is 0.295 e. The zero-order valence-corrected chi connectivity index (χ0v) is 19.3. The van der Waals surface area contributed by atoms with Crippen LogP contribution in [0.4, 0.5) is 0 Å². The van der Waals surface area contributed by atoms with Gasteiger partial charge < -0.3 is 0 Å². The fourth-order valence-electron chi connectivity index (χ4n) is 3.77. The third-order valence-electron chi connectivity index (χ3n) is 5.46. The van der Waals surface area contributed by atoms with Crippen LogP contribution < -0.4 is 0 Å². The van der Waals surface area contributed by atoms with Gasteiger partial charge in [-0.25, -0.2) is 4.98 Å². The number of aromatic nitrogens is 1. The van der Waals surface area contributed by atoms with Crippen LogP contribution in [0.2, 0.25) is 5.02 Å². The van der Waals surface area contributed by atoms with Crippen LogP contribution in [0.1, 0.15) is 51.5 Å². The van der Waals surface area contributed by atoms with E-state index in [1.807, 2.05) is 84.9 Å². The van der Waals surface area contributed by atoms with Crippen LogP contribution >= 0.6 is 23.2 Å². The molecule has 0 saturated carbocycles. The molecule has 4 heteroatoms. The second-order valence-electron chi connectivity index (χ2n) is 7.80. The molecule has 0 amide bonds. The summed E-state index contributed by atoms with van der Waals surface area (Å²) in [7, 11) is 0. The number of hydrogen-bond acceptors (Lipinski definition) is 2. The Morgan fingerprint density at radius 1 is 0.969 bits per heavy atom. The first-order valence-corrected chi connectivity index (χ1v) is 11.4. The van der Waals surface area contributed by atoms with Gasteiger partial charge in [0.1, 0.15) is 0 Å². The maximum atomic E-state index is 11.9. The summed E-state index contributed by atoms with van der Waals surface area (Å²) in [5.74, 6) is 0.0865. The van der Waals surface area contributed by atoms with E-state index in [4.69, 9.17) is 23.2 Å². The summed E-state index contributed by atoms with van der Waals surface area (Å²) in [6.07, 6.45) is 5.54. The van der Waals surface area contributed by atoms with E-state index in [-0.39, 0.29) is 11.2 Å². The van der Waals surface area contributed by atoms with Gasteiger partial charge in [0.25, 0.3) is 0 Å². The lowest BCUT2D eigenvalue weighted by Crippen LogP contribution is -2.01. The molecule has 0 fully saturated rings. The molecule has 4 rings (SSSR count). The van der Waals surface area contributed by atoms with Crippen molar-refractivity contribution in [3.05, 3.63) is 112 Å². The van der Waals surface area contributed by atoms with Crippen LogP contribution in [0, 0.1) is 0 Å². The van der Waals surface area contributed by atoms with E-state index in [2.05, 4.69) is 11.1 Å². The SMILES string of the molecule is CC(=O)c1ccccc1CC[C@H](Cl)c1cccc(/C=C/c2ccc3ccc(Cl)cc3n2)c1. The van der Waals surface area contributed by atoms with Gasteiger partial charge in [0.2, 0.25) is 0 Å². The number of benzene rings is 3. The van der Waals surface area contributed by atoms with Gasteiger partial charge >= 0.3 is 0 Å². The molecule has 0 saturated heterocycles. The van der Waals surface area contributed by atoms with Crippen molar-refractivity contribution in [2.24, 2.45) is 0 Å². The fourth-order valence-corrected chi connectivity index (χ4v) is 4.18. The number of halogens is 2. The predicted octanol–water partition coefficient (Wildman–Crippen LogP) is 8.17. The molecule has 0 bridgehead atoms. The highest BCUT2D eigenvalue weighted by Crippen LogP contribution is 2.28. The number of Topliss-reactive ketones (excluding diaryl/α,β-unsaturated/α-hetero) is 1. The molecule has 1 aromatic heterocycles. The molecule has 1 atom stereocenters. The van der Waals surface area contributed by atoms with Gasteiger partial charge in [-0.15, -0.1) is 11.6 Å². The molecule has 32 heavy (non-hydrogen) atoms. The monoisotopic (exact) mass is 459 g/mol. The van der Waals surface area contributed by atoms with Gasteiger partial charge in [-0.05, 0) is 60.7 Å². The van der Waals surface area contributed by atoms with E-state index in [0.29, 0.717) is 5.02 Å². The van der Waals surface area contributed by atoms with Crippen LogP contribution in [0.3, 0.4) is 0 Å². The third kappa shape index (κ3) is 5.45. The summed E-state index contributed by atoms with van der Waals surface area (Å²) in [4.78, 5) is 16.5. The molecule has 1 heterocycles.